The van der Waals surface area contributed by atoms with Crippen LogP contribution in [0.5, 0.6) is 17.4 Å². The maximum atomic E-state index is 5.76. The first-order valence-corrected chi connectivity index (χ1v) is 6.13. The maximum Gasteiger partial charge on any atom is 0.234 e. The Morgan fingerprint density at radius 1 is 1.28 bits per heavy atom. The van der Waals surface area contributed by atoms with Crippen LogP contribution in [0.4, 0.5) is 5.69 Å². The van der Waals surface area contributed by atoms with E-state index in [1.165, 1.54) is 0 Å². The van der Waals surface area contributed by atoms with Gasteiger partial charge in [0.1, 0.15) is 11.5 Å². The summed E-state index contributed by atoms with van der Waals surface area (Å²) in [5.74, 6) is 1.87. The Morgan fingerprint density at radius 2 is 2.00 bits per heavy atom. The number of rotatable bonds is 3. The molecule has 5 heteroatoms. The Bertz CT molecular complexity index is 573. The summed E-state index contributed by atoms with van der Waals surface area (Å²) in [5, 5.41) is 0. The summed E-state index contributed by atoms with van der Waals surface area (Å²) >= 11 is 3.43. The second-order valence-corrected chi connectivity index (χ2v) is 4.53. The first kappa shape index (κ1) is 12.7. The van der Waals surface area contributed by atoms with Gasteiger partial charge < -0.3 is 15.2 Å². The number of halogens is 1. The molecule has 0 bridgehead atoms. The van der Waals surface area contributed by atoms with Gasteiger partial charge in [-0.1, -0.05) is 6.07 Å². The zero-order valence-corrected chi connectivity index (χ0v) is 11.7. The minimum Gasteiger partial charge on any atom is -0.497 e. The second kappa shape index (κ2) is 5.27. The van der Waals surface area contributed by atoms with Crippen molar-refractivity contribution in [3.05, 3.63) is 40.5 Å². The summed E-state index contributed by atoms with van der Waals surface area (Å²) in [6.07, 6.45) is 1.58. The van der Waals surface area contributed by atoms with Crippen LogP contribution in [0.2, 0.25) is 0 Å². The first-order chi connectivity index (χ1) is 8.61. The number of aromatic nitrogens is 1. The molecule has 1 aromatic carbocycles. The van der Waals surface area contributed by atoms with Crippen molar-refractivity contribution >= 4 is 21.6 Å². The van der Waals surface area contributed by atoms with Gasteiger partial charge >= 0.3 is 0 Å². The quantitative estimate of drug-likeness (QED) is 0.942. The normalized spacial score (nSPS) is 10.2. The van der Waals surface area contributed by atoms with Crippen LogP contribution in [0, 0.1) is 6.92 Å². The summed E-state index contributed by atoms with van der Waals surface area (Å²) in [6.45, 7) is 1.90. The molecule has 2 rings (SSSR count). The minimum atomic E-state index is 0.481. The largest absolute Gasteiger partial charge is 0.497 e. The van der Waals surface area contributed by atoms with Gasteiger partial charge in [-0.2, -0.15) is 0 Å². The minimum absolute atomic E-state index is 0.481. The third kappa shape index (κ3) is 2.56. The molecule has 0 radical (unpaired) electrons. The number of nitrogens with zero attached hydrogens (tertiary/aromatic N) is 1. The van der Waals surface area contributed by atoms with E-state index in [4.69, 9.17) is 15.2 Å². The fraction of sp³-hybridized carbons (Fsp3) is 0.154. The van der Waals surface area contributed by atoms with Gasteiger partial charge in [0.2, 0.25) is 5.88 Å². The molecule has 94 valence electrons. The number of nitrogen functional groups attached to an aromatic ring is 1. The van der Waals surface area contributed by atoms with E-state index in [2.05, 4.69) is 20.9 Å². The Kier molecular flexibility index (Phi) is 3.72. The Morgan fingerprint density at radius 3 is 2.72 bits per heavy atom. The van der Waals surface area contributed by atoms with E-state index < -0.39 is 0 Å². The van der Waals surface area contributed by atoms with Crippen molar-refractivity contribution in [3.63, 3.8) is 0 Å². The zero-order chi connectivity index (χ0) is 13.1. The molecule has 4 nitrogen and oxygen atoms in total. The Labute approximate surface area is 114 Å². The number of hydrogen-bond donors (Lipinski definition) is 1. The molecule has 2 aromatic rings. The summed E-state index contributed by atoms with van der Waals surface area (Å²) in [5.41, 5.74) is 7.29. The molecule has 2 N–H and O–H groups in total. The van der Waals surface area contributed by atoms with Gasteiger partial charge in [0.25, 0.3) is 0 Å². The van der Waals surface area contributed by atoms with E-state index in [1.807, 2.05) is 25.1 Å². The SMILES string of the molecule is COc1cccc(Oc2ncc(N)c(C)c2Br)c1. The van der Waals surface area contributed by atoms with Crippen LogP contribution in [-0.4, -0.2) is 12.1 Å². The monoisotopic (exact) mass is 308 g/mol. The lowest BCUT2D eigenvalue weighted by Crippen LogP contribution is -1.96. The fourth-order valence-corrected chi connectivity index (χ4v) is 1.83. The van der Waals surface area contributed by atoms with Crippen LogP contribution in [0.15, 0.2) is 34.9 Å². The number of benzene rings is 1. The third-order valence-corrected chi connectivity index (χ3v) is 3.46. The third-order valence-electron chi connectivity index (χ3n) is 2.53. The Hall–Kier alpha value is -1.75. The number of hydrogen-bond acceptors (Lipinski definition) is 4. The molecule has 0 aliphatic carbocycles. The number of pyridine rings is 1. The molecule has 1 aromatic heterocycles. The second-order valence-electron chi connectivity index (χ2n) is 3.74. The van der Waals surface area contributed by atoms with Crippen molar-refractivity contribution in [3.8, 4) is 17.4 Å². The van der Waals surface area contributed by atoms with Gasteiger partial charge in [-0.05, 0) is 40.5 Å². The molecule has 0 unspecified atom stereocenters. The summed E-state index contributed by atoms with van der Waals surface area (Å²) < 4.78 is 11.6. The molecule has 0 saturated heterocycles. The number of nitrogens with two attached hydrogens (primary N) is 1. The highest BCUT2D eigenvalue weighted by Crippen LogP contribution is 2.33. The topological polar surface area (TPSA) is 57.4 Å². The first-order valence-electron chi connectivity index (χ1n) is 5.34. The molecule has 18 heavy (non-hydrogen) atoms. The van der Waals surface area contributed by atoms with Gasteiger partial charge in [0.05, 0.1) is 23.5 Å². The lowest BCUT2D eigenvalue weighted by atomic mass is 10.2. The molecule has 0 fully saturated rings. The van der Waals surface area contributed by atoms with Crippen LogP contribution in [-0.2, 0) is 0 Å². The van der Waals surface area contributed by atoms with E-state index in [0.29, 0.717) is 17.3 Å². The Balaban J connectivity index is 2.31. The molecule has 0 saturated carbocycles. The average molecular weight is 309 g/mol. The highest BCUT2D eigenvalue weighted by atomic mass is 79.9. The number of ether oxygens (including phenoxy) is 2. The molecule has 1 heterocycles. The average Bonchev–Trinajstić information content (AvgIpc) is 2.40. The van der Waals surface area contributed by atoms with Gasteiger partial charge in [0, 0.05) is 6.07 Å². The van der Waals surface area contributed by atoms with E-state index in [1.54, 1.807) is 19.4 Å². The number of methoxy groups -OCH3 is 1. The molecular formula is C13H13BrN2O2. The van der Waals surface area contributed by atoms with E-state index in [9.17, 15) is 0 Å². The summed E-state index contributed by atoms with van der Waals surface area (Å²) in [4.78, 5) is 4.15. The van der Waals surface area contributed by atoms with E-state index in [-0.39, 0.29) is 0 Å². The van der Waals surface area contributed by atoms with Crippen molar-refractivity contribution in [2.45, 2.75) is 6.92 Å². The molecular weight excluding hydrogens is 296 g/mol. The standard InChI is InChI=1S/C13H13BrN2O2/c1-8-11(15)7-16-13(12(8)14)18-10-5-3-4-9(6-10)17-2/h3-7H,15H2,1-2H3. The van der Waals surface area contributed by atoms with E-state index in [0.717, 1.165) is 15.8 Å². The van der Waals surface area contributed by atoms with Gasteiger partial charge in [-0.15, -0.1) is 0 Å². The fourth-order valence-electron chi connectivity index (χ4n) is 1.42. The molecule has 0 amide bonds. The van der Waals surface area contributed by atoms with Gasteiger partial charge in [-0.25, -0.2) is 4.98 Å². The van der Waals surface area contributed by atoms with Crippen LogP contribution in [0.1, 0.15) is 5.56 Å². The highest BCUT2D eigenvalue weighted by Gasteiger charge is 2.09. The highest BCUT2D eigenvalue weighted by molar-refractivity contribution is 9.10. The van der Waals surface area contributed by atoms with Crippen LogP contribution in [0.25, 0.3) is 0 Å². The maximum absolute atomic E-state index is 5.76. The predicted octanol–water partition coefficient (Wildman–Crippen LogP) is 3.54. The predicted molar refractivity (Wildman–Crippen MR) is 74.2 cm³/mol. The van der Waals surface area contributed by atoms with Gasteiger partial charge in [0.15, 0.2) is 0 Å². The lowest BCUT2D eigenvalue weighted by molar-refractivity contribution is 0.407. The lowest BCUT2D eigenvalue weighted by Gasteiger charge is -2.10. The number of anilines is 1. The van der Waals surface area contributed by atoms with Crippen molar-refractivity contribution in [2.24, 2.45) is 0 Å². The zero-order valence-electron chi connectivity index (χ0n) is 10.1. The van der Waals surface area contributed by atoms with Crippen LogP contribution in [0.3, 0.4) is 0 Å². The molecule has 0 aliphatic rings. The van der Waals surface area contributed by atoms with E-state index >= 15 is 0 Å². The van der Waals surface area contributed by atoms with Gasteiger partial charge in [-0.3, -0.25) is 0 Å². The molecule has 0 atom stereocenters. The van der Waals surface area contributed by atoms with Crippen molar-refractivity contribution < 1.29 is 9.47 Å². The smallest absolute Gasteiger partial charge is 0.234 e. The summed E-state index contributed by atoms with van der Waals surface area (Å²) in [7, 11) is 1.61. The molecule has 0 aliphatic heterocycles. The van der Waals surface area contributed by atoms with Crippen LogP contribution >= 0.6 is 15.9 Å². The molecule has 0 spiro atoms. The van der Waals surface area contributed by atoms with Crippen LogP contribution < -0.4 is 15.2 Å². The van der Waals surface area contributed by atoms with Crippen molar-refractivity contribution in [1.29, 1.82) is 0 Å². The summed E-state index contributed by atoms with van der Waals surface area (Å²) in [6, 6.07) is 7.33. The van der Waals surface area contributed by atoms with Crippen molar-refractivity contribution in [1.82, 2.24) is 4.98 Å². The van der Waals surface area contributed by atoms with Crippen molar-refractivity contribution in [2.75, 3.05) is 12.8 Å².